The number of hydrogen-bond donors (Lipinski definition) is 1. The third kappa shape index (κ3) is 6.40. The molecule has 1 aromatic carbocycles. The van der Waals surface area contributed by atoms with Crippen molar-refractivity contribution in [1.82, 2.24) is 0 Å². The molecule has 1 unspecified atom stereocenters. The van der Waals surface area contributed by atoms with Crippen molar-refractivity contribution in [2.75, 3.05) is 0 Å². The summed E-state index contributed by atoms with van der Waals surface area (Å²) in [5.41, 5.74) is 7.06. The lowest BCUT2D eigenvalue weighted by Crippen LogP contribution is -2.29. The second-order valence-corrected chi connectivity index (χ2v) is 5.88. The van der Waals surface area contributed by atoms with E-state index >= 15 is 0 Å². The van der Waals surface area contributed by atoms with E-state index in [-0.39, 0.29) is 23.8 Å². The van der Waals surface area contributed by atoms with Gasteiger partial charge in [0.25, 0.3) is 0 Å². The number of hydrogen-bond acceptors (Lipinski definition) is 3. The van der Waals surface area contributed by atoms with Gasteiger partial charge in [0, 0.05) is 6.04 Å². The summed E-state index contributed by atoms with van der Waals surface area (Å²) >= 11 is 0. The fourth-order valence-corrected chi connectivity index (χ4v) is 1.87. The molecule has 0 aliphatic carbocycles. The summed E-state index contributed by atoms with van der Waals surface area (Å²) in [7, 11) is 0. The number of esters is 1. The molecule has 1 aromatic rings. The summed E-state index contributed by atoms with van der Waals surface area (Å²) in [5, 5.41) is 0. The van der Waals surface area contributed by atoms with Crippen molar-refractivity contribution in [3.05, 3.63) is 35.9 Å². The van der Waals surface area contributed by atoms with Crippen molar-refractivity contribution < 1.29 is 9.53 Å². The smallest absolute Gasteiger partial charge is 0.307 e. The zero-order chi connectivity index (χ0) is 13.6. The van der Waals surface area contributed by atoms with E-state index in [4.69, 9.17) is 10.5 Å². The molecule has 18 heavy (non-hydrogen) atoms. The van der Waals surface area contributed by atoms with Gasteiger partial charge >= 0.3 is 5.97 Å². The van der Waals surface area contributed by atoms with E-state index in [1.165, 1.54) is 0 Å². The molecule has 0 aromatic heterocycles. The largest absolute Gasteiger partial charge is 0.461 e. The van der Waals surface area contributed by atoms with Crippen LogP contribution in [0.3, 0.4) is 0 Å². The monoisotopic (exact) mass is 249 g/mol. The minimum absolute atomic E-state index is 0.131. The zero-order valence-corrected chi connectivity index (χ0v) is 11.5. The Labute approximate surface area is 109 Å². The van der Waals surface area contributed by atoms with Crippen LogP contribution >= 0.6 is 0 Å². The Kier molecular flexibility index (Phi) is 5.35. The Morgan fingerprint density at radius 3 is 2.44 bits per heavy atom. The Morgan fingerprint density at radius 1 is 1.28 bits per heavy atom. The van der Waals surface area contributed by atoms with Gasteiger partial charge in [-0.2, -0.15) is 0 Å². The highest BCUT2D eigenvalue weighted by Crippen LogP contribution is 2.21. The van der Waals surface area contributed by atoms with Crippen LogP contribution in [0.5, 0.6) is 0 Å². The van der Waals surface area contributed by atoms with Crippen molar-refractivity contribution in [3.63, 3.8) is 0 Å². The highest BCUT2D eigenvalue weighted by atomic mass is 16.5. The van der Waals surface area contributed by atoms with E-state index in [0.29, 0.717) is 6.61 Å². The molecule has 0 saturated heterocycles. The van der Waals surface area contributed by atoms with Gasteiger partial charge in [0.15, 0.2) is 0 Å². The molecule has 0 saturated carbocycles. The Hall–Kier alpha value is -1.35. The molecule has 0 aliphatic heterocycles. The summed E-state index contributed by atoms with van der Waals surface area (Å²) in [4.78, 5) is 11.6. The quantitative estimate of drug-likeness (QED) is 0.816. The number of nitrogens with two attached hydrogens (primary N) is 1. The lowest BCUT2D eigenvalue weighted by molar-refractivity contribution is -0.145. The first kappa shape index (κ1) is 14.7. The van der Waals surface area contributed by atoms with Crippen LogP contribution in [0.15, 0.2) is 30.3 Å². The maximum Gasteiger partial charge on any atom is 0.307 e. The highest BCUT2D eigenvalue weighted by Gasteiger charge is 2.18. The van der Waals surface area contributed by atoms with Gasteiger partial charge in [-0.25, -0.2) is 0 Å². The van der Waals surface area contributed by atoms with Gasteiger partial charge in [-0.1, -0.05) is 51.1 Å². The predicted molar refractivity (Wildman–Crippen MR) is 72.9 cm³/mol. The van der Waals surface area contributed by atoms with Crippen LogP contribution in [0, 0.1) is 5.41 Å². The number of benzene rings is 1. The van der Waals surface area contributed by atoms with Gasteiger partial charge in [0.2, 0.25) is 0 Å². The van der Waals surface area contributed by atoms with Crippen LogP contribution < -0.4 is 5.73 Å². The standard InChI is InChI=1S/C15H23NO2/c1-15(2,3)10-13(16)9-14(17)18-11-12-7-5-4-6-8-12/h4-8,13H,9-11,16H2,1-3H3. The van der Waals surface area contributed by atoms with E-state index in [9.17, 15) is 4.79 Å². The molecular formula is C15H23NO2. The van der Waals surface area contributed by atoms with E-state index < -0.39 is 0 Å². The summed E-state index contributed by atoms with van der Waals surface area (Å²) < 4.78 is 5.19. The molecule has 3 nitrogen and oxygen atoms in total. The minimum Gasteiger partial charge on any atom is -0.461 e. The number of carbonyl (C=O) groups excluding carboxylic acids is 1. The van der Waals surface area contributed by atoms with Crippen LogP contribution in [0.25, 0.3) is 0 Å². The molecule has 3 heteroatoms. The minimum atomic E-state index is -0.226. The van der Waals surface area contributed by atoms with Gasteiger partial charge in [-0.15, -0.1) is 0 Å². The van der Waals surface area contributed by atoms with Crippen LogP contribution in [-0.2, 0) is 16.1 Å². The average molecular weight is 249 g/mol. The van der Waals surface area contributed by atoms with Crippen molar-refractivity contribution in [1.29, 1.82) is 0 Å². The second-order valence-electron chi connectivity index (χ2n) is 5.88. The third-order valence-electron chi connectivity index (χ3n) is 2.55. The molecule has 0 bridgehead atoms. The third-order valence-corrected chi connectivity index (χ3v) is 2.55. The summed E-state index contributed by atoms with van der Waals surface area (Å²) in [6, 6.07) is 9.52. The first-order valence-electron chi connectivity index (χ1n) is 6.32. The molecular weight excluding hydrogens is 226 g/mol. The molecule has 0 fully saturated rings. The maximum absolute atomic E-state index is 11.6. The van der Waals surface area contributed by atoms with Crippen LogP contribution in [-0.4, -0.2) is 12.0 Å². The van der Waals surface area contributed by atoms with Crippen molar-refractivity contribution in [3.8, 4) is 0 Å². The van der Waals surface area contributed by atoms with Gasteiger partial charge in [-0.3, -0.25) is 4.79 Å². The van der Waals surface area contributed by atoms with Gasteiger partial charge < -0.3 is 10.5 Å². The summed E-state index contributed by atoms with van der Waals surface area (Å²) in [5.74, 6) is -0.226. The first-order chi connectivity index (χ1) is 8.37. The fraction of sp³-hybridized carbons (Fsp3) is 0.533. The summed E-state index contributed by atoms with van der Waals surface area (Å²) in [6.07, 6.45) is 1.09. The predicted octanol–water partition coefficient (Wildman–Crippen LogP) is 2.88. The maximum atomic E-state index is 11.6. The Morgan fingerprint density at radius 2 is 1.89 bits per heavy atom. The molecule has 0 amide bonds. The first-order valence-corrected chi connectivity index (χ1v) is 6.32. The number of carbonyl (C=O) groups is 1. The van der Waals surface area contributed by atoms with Crippen molar-refractivity contribution in [2.24, 2.45) is 11.1 Å². The average Bonchev–Trinajstić information content (AvgIpc) is 2.25. The van der Waals surface area contributed by atoms with Crippen LogP contribution in [0.4, 0.5) is 0 Å². The Balaban J connectivity index is 2.30. The van der Waals surface area contributed by atoms with E-state index in [2.05, 4.69) is 20.8 Å². The molecule has 0 radical (unpaired) electrons. The summed E-state index contributed by atoms with van der Waals surface area (Å²) in [6.45, 7) is 6.66. The van der Waals surface area contributed by atoms with Gasteiger partial charge in [0.1, 0.15) is 6.61 Å². The lowest BCUT2D eigenvalue weighted by Gasteiger charge is -2.22. The normalized spacial score (nSPS) is 13.1. The SMILES string of the molecule is CC(C)(C)CC(N)CC(=O)OCc1ccccc1. The lowest BCUT2D eigenvalue weighted by atomic mass is 9.87. The van der Waals surface area contributed by atoms with Crippen molar-refractivity contribution >= 4 is 5.97 Å². The molecule has 1 atom stereocenters. The van der Waals surface area contributed by atoms with Crippen LogP contribution in [0.2, 0.25) is 0 Å². The second kappa shape index (κ2) is 6.55. The molecule has 0 aliphatic rings. The van der Waals surface area contributed by atoms with Gasteiger partial charge in [-0.05, 0) is 17.4 Å². The fourth-order valence-electron chi connectivity index (χ4n) is 1.87. The molecule has 2 N–H and O–H groups in total. The van der Waals surface area contributed by atoms with Crippen molar-refractivity contribution in [2.45, 2.75) is 46.3 Å². The van der Waals surface area contributed by atoms with E-state index in [1.807, 2.05) is 30.3 Å². The number of rotatable bonds is 5. The number of ether oxygens (including phenoxy) is 1. The van der Waals surface area contributed by atoms with Gasteiger partial charge in [0.05, 0.1) is 6.42 Å². The van der Waals surface area contributed by atoms with E-state index in [1.54, 1.807) is 0 Å². The van der Waals surface area contributed by atoms with Crippen LogP contribution in [0.1, 0.15) is 39.2 Å². The zero-order valence-electron chi connectivity index (χ0n) is 11.5. The van der Waals surface area contributed by atoms with E-state index in [0.717, 1.165) is 12.0 Å². The molecule has 100 valence electrons. The highest BCUT2D eigenvalue weighted by molar-refractivity contribution is 5.70. The topological polar surface area (TPSA) is 52.3 Å². The molecule has 0 heterocycles. The Bertz CT molecular complexity index is 368. The molecule has 1 rings (SSSR count). The molecule has 0 spiro atoms.